The third-order valence-electron chi connectivity index (χ3n) is 4.76. The lowest BCUT2D eigenvalue weighted by atomic mass is 9.86. The first-order valence-corrected chi connectivity index (χ1v) is 9.33. The Morgan fingerprint density at radius 1 is 1.12 bits per heavy atom. The molecule has 1 saturated carbocycles. The van der Waals surface area contributed by atoms with Gasteiger partial charge < -0.3 is 15.2 Å². The Kier molecular flexibility index (Phi) is 8.29. The summed E-state index contributed by atoms with van der Waals surface area (Å²) in [6.07, 6.45) is 10.3. The zero-order valence-electron chi connectivity index (χ0n) is 14.8. The van der Waals surface area contributed by atoms with E-state index in [4.69, 9.17) is 9.84 Å². The predicted octanol–water partition coefficient (Wildman–Crippen LogP) is 3.56. The monoisotopic (exact) mass is 347 g/mol. The van der Waals surface area contributed by atoms with E-state index in [9.17, 15) is 9.59 Å². The van der Waals surface area contributed by atoms with Crippen LogP contribution in [0.5, 0.6) is 5.75 Å². The Bertz CT molecular complexity index is 535. The van der Waals surface area contributed by atoms with Gasteiger partial charge in [-0.15, -0.1) is 0 Å². The largest absolute Gasteiger partial charge is 0.482 e. The molecule has 0 aromatic heterocycles. The molecule has 2 rings (SSSR count). The second kappa shape index (κ2) is 10.7. The summed E-state index contributed by atoms with van der Waals surface area (Å²) >= 11 is 0. The highest BCUT2D eigenvalue weighted by atomic mass is 16.5. The lowest BCUT2D eigenvalue weighted by Crippen LogP contribution is -2.25. The number of carboxylic acids is 1. The molecule has 0 bridgehead atoms. The standard InChI is InChI=1S/C20H29NO4/c22-19(8-4-7-16-5-2-1-3-6-16)21-14-13-17-9-11-18(12-10-17)25-15-20(23)24/h9-12,16H,1-8,13-15H2,(H,21,22)(H,23,24). The molecule has 1 aromatic rings. The zero-order chi connectivity index (χ0) is 17.9. The van der Waals surface area contributed by atoms with E-state index in [1.54, 1.807) is 12.1 Å². The van der Waals surface area contributed by atoms with E-state index in [-0.39, 0.29) is 12.5 Å². The van der Waals surface area contributed by atoms with Crippen molar-refractivity contribution in [1.29, 1.82) is 0 Å². The number of rotatable bonds is 10. The molecule has 0 aliphatic heterocycles. The zero-order valence-corrected chi connectivity index (χ0v) is 14.8. The van der Waals surface area contributed by atoms with Crippen LogP contribution in [0.15, 0.2) is 24.3 Å². The highest BCUT2D eigenvalue weighted by Crippen LogP contribution is 2.27. The number of carboxylic acid groups (broad SMARTS) is 1. The molecule has 1 amide bonds. The van der Waals surface area contributed by atoms with E-state index in [2.05, 4.69) is 5.32 Å². The average molecular weight is 347 g/mol. The lowest BCUT2D eigenvalue weighted by Gasteiger charge is -2.21. The van der Waals surface area contributed by atoms with Crippen LogP contribution in [0.4, 0.5) is 0 Å². The van der Waals surface area contributed by atoms with Crippen LogP contribution in [0.25, 0.3) is 0 Å². The second-order valence-electron chi connectivity index (χ2n) is 6.82. The lowest BCUT2D eigenvalue weighted by molar-refractivity contribution is -0.139. The summed E-state index contributed by atoms with van der Waals surface area (Å²) in [5.41, 5.74) is 1.09. The van der Waals surface area contributed by atoms with Gasteiger partial charge in [-0.2, -0.15) is 0 Å². The number of benzene rings is 1. The maximum Gasteiger partial charge on any atom is 0.341 e. The minimum absolute atomic E-state index is 0.136. The Morgan fingerprint density at radius 3 is 2.52 bits per heavy atom. The Hall–Kier alpha value is -2.04. The van der Waals surface area contributed by atoms with Crippen molar-refractivity contribution in [2.45, 2.75) is 57.8 Å². The number of carbonyl (C=O) groups excluding carboxylic acids is 1. The summed E-state index contributed by atoms with van der Waals surface area (Å²) in [4.78, 5) is 22.3. The average Bonchev–Trinajstić information content (AvgIpc) is 2.62. The molecule has 5 nitrogen and oxygen atoms in total. The van der Waals surface area contributed by atoms with Gasteiger partial charge >= 0.3 is 5.97 Å². The van der Waals surface area contributed by atoms with Crippen LogP contribution < -0.4 is 10.1 Å². The normalized spacial score (nSPS) is 14.9. The molecule has 138 valence electrons. The van der Waals surface area contributed by atoms with Crippen molar-refractivity contribution in [3.63, 3.8) is 0 Å². The highest BCUT2D eigenvalue weighted by Gasteiger charge is 2.13. The van der Waals surface area contributed by atoms with E-state index < -0.39 is 5.97 Å². The van der Waals surface area contributed by atoms with Crippen molar-refractivity contribution >= 4 is 11.9 Å². The van der Waals surface area contributed by atoms with Crippen LogP contribution in [0.3, 0.4) is 0 Å². The fourth-order valence-electron chi connectivity index (χ4n) is 3.36. The SMILES string of the molecule is O=C(O)COc1ccc(CCNC(=O)CCCC2CCCCC2)cc1. The summed E-state index contributed by atoms with van der Waals surface area (Å²) < 4.78 is 5.09. The van der Waals surface area contributed by atoms with Crippen molar-refractivity contribution in [2.24, 2.45) is 5.92 Å². The van der Waals surface area contributed by atoms with Crippen molar-refractivity contribution < 1.29 is 19.4 Å². The maximum absolute atomic E-state index is 11.9. The van der Waals surface area contributed by atoms with E-state index in [1.807, 2.05) is 12.1 Å². The van der Waals surface area contributed by atoms with Crippen LogP contribution >= 0.6 is 0 Å². The molecule has 0 spiro atoms. The van der Waals surface area contributed by atoms with Crippen molar-refractivity contribution in [2.75, 3.05) is 13.2 Å². The fourth-order valence-corrected chi connectivity index (χ4v) is 3.36. The van der Waals surface area contributed by atoms with Crippen molar-refractivity contribution in [3.05, 3.63) is 29.8 Å². The molecule has 1 aromatic carbocycles. The summed E-state index contributed by atoms with van der Waals surface area (Å²) in [7, 11) is 0. The molecule has 1 fully saturated rings. The minimum atomic E-state index is -0.990. The van der Waals surface area contributed by atoms with Gasteiger partial charge in [-0.3, -0.25) is 4.79 Å². The molecule has 1 aliphatic carbocycles. The summed E-state index contributed by atoms with van der Waals surface area (Å²) in [6, 6.07) is 7.30. The molecule has 0 heterocycles. The van der Waals surface area contributed by atoms with E-state index in [1.165, 1.54) is 38.5 Å². The first kappa shape index (κ1) is 19.3. The third-order valence-corrected chi connectivity index (χ3v) is 4.76. The van der Waals surface area contributed by atoms with Gasteiger partial charge in [0.05, 0.1) is 0 Å². The van der Waals surface area contributed by atoms with E-state index >= 15 is 0 Å². The third kappa shape index (κ3) is 8.05. The first-order chi connectivity index (χ1) is 12.1. The minimum Gasteiger partial charge on any atom is -0.482 e. The molecule has 2 N–H and O–H groups in total. The Morgan fingerprint density at radius 2 is 1.84 bits per heavy atom. The number of ether oxygens (including phenoxy) is 1. The number of nitrogens with one attached hydrogen (secondary N) is 1. The summed E-state index contributed by atoms with van der Waals surface area (Å²) in [5.74, 6) is 0.522. The molecule has 0 unspecified atom stereocenters. The van der Waals surface area contributed by atoms with Gasteiger partial charge in [0.15, 0.2) is 6.61 Å². The fraction of sp³-hybridized carbons (Fsp3) is 0.600. The maximum atomic E-state index is 11.9. The quantitative estimate of drug-likeness (QED) is 0.678. The molecule has 25 heavy (non-hydrogen) atoms. The van der Waals surface area contributed by atoms with Gasteiger partial charge in [0, 0.05) is 13.0 Å². The predicted molar refractivity (Wildman–Crippen MR) is 96.7 cm³/mol. The van der Waals surface area contributed by atoms with Gasteiger partial charge in [0.1, 0.15) is 5.75 Å². The van der Waals surface area contributed by atoms with Crippen LogP contribution in [-0.4, -0.2) is 30.1 Å². The van der Waals surface area contributed by atoms with Crippen molar-refractivity contribution in [1.82, 2.24) is 5.32 Å². The second-order valence-corrected chi connectivity index (χ2v) is 6.82. The number of aliphatic carboxylic acids is 1. The molecule has 1 aliphatic rings. The van der Waals surface area contributed by atoms with Crippen LogP contribution in [0.2, 0.25) is 0 Å². The molecule has 0 saturated heterocycles. The number of hydrogen-bond acceptors (Lipinski definition) is 3. The van der Waals surface area contributed by atoms with Gasteiger partial charge in [-0.25, -0.2) is 4.79 Å². The van der Waals surface area contributed by atoms with Crippen LogP contribution in [0, 0.1) is 5.92 Å². The topological polar surface area (TPSA) is 75.6 Å². The molecule has 0 atom stereocenters. The molecule has 5 heteroatoms. The van der Waals surface area contributed by atoms with Crippen LogP contribution in [-0.2, 0) is 16.0 Å². The molecular weight excluding hydrogens is 318 g/mol. The molecular formula is C20H29NO4. The van der Waals surface area contributed by atoms with E-state index in [0.717, 1.165) is 24.3 Å². The number of hydrogen-bond donors (Lipinski definition) is 2. The highest BCUT2D eigenvalue weighted by molar-refractivity contribution is 5.75. The van der Waals surface area contributed by atoms with Gasteiger partial charge in [0.2, 0.25) is 5.91 Å². The summed E-state index contributed by atoms with van der Waals surface area (Å²) in [5, 5.41) is 11.5. The van der Waals surface area contributed by atoms with Gasteiger partial charge in [-0.05, 0) is 42.9 Å². The van der Waals surface area contributed by atoms with Gasteiger partial charge in [0.25, 0.3) is 0 Å². The summed E-state index contributed by atoms with van der Waals surface area (Å²) in [6.45, 7) is 0.286. The first-order valence-electron chi connectivity index (χ1n) is 9.33. The van der Waals surface area contributed by atoms with E-state index in [0.29, 0.717) is 18.7 Å². The molecule has 0 radical (unpaired) electrons. The Balaban J connectivity index is 1.56. The van der Waals surface area contributed by atoms with Gasteiger partial charge in [-0.1, -0.05) is 44.2 Å². The van der Waals surface area contributed by atoms with Crippen molar-refractivity contribution in [3.8, 4) is 5.75 Å². The Labute approximate surface area is 149 Å². The van der Waals surface area contributed by atoms with Crippen LogP contribution in [0.1, 0.15) is 56.9 Å². The number of carbonyl (C=O) groups is 2. The smallest absolute Gasteiger partial charge is 0.341 e. The number of amides is 1.